The van der Waals surface area contributed by atoms with Gasteiger partial charge in [0, 0.05) is 11.6 Å². The van der Waals surface area contributed by atoms with Crippen molar-refractivity contribution in [3.63, 3.8) is 0 Å². The van der Waals surface area contributed by atoms with E-state index in [-0.39, 0.29) is 29.9 Å². The quantitative estimate of drug-likeness (QED) is 0.390. The summed E-state index contributed by atoms with van der Waals surface area (Å²) in [4.78, 5) is 20.7. The second-order valence-corrected chi connectivity index (χ2v) is 9.42. The van der Waals surface area contributed by atoms with Crippen LogP contribution in [0.15, 0.2) is 53.4 Å². The van der Waals surface area contributed by atoms with Gasteiger partial charge in [0.25, 0.3) is 0 Å². The largest absolute Gasteiger partial charge is 0.479 e. The monoisotopic (exact) mass is 492 g/mol. The molecule has 6 rings (SSSR count). The van der Waals surface area contributed by atoms with Gasteiger partial charge < -0.3 is 14.9 Å². The first kappa shape index (κ1) is 22.3. The number of nitrogens with zero attached hydrogens (tertiary/aromatic N) is 5. The maximum atomic E-state index is 14.8. The zero-order chi connectivity index (χ0) is 24.9. The molecule has 2 aliphatic carbocycles. The Kier molecular flexibility index (Phi) is 5.27. The molecule has 3 aromatic heterocycles. The molecule has 0 spiro atoms. The molecule has 4 aromatic rings. The maximum Gasteiger partial charge on any atom is 0.329 e. The third kappa shape index (κ3) is 3.71. The SMILES string of the molecule is O=C(O)[C@@]1(Nc2nc(-c3cc(-c4ccon4)n(Cc4ccccc4F)n3)ncc2F)CC2CC[C@H]1C2. The van der Waals surface area contributed by atoms with E-state index in [1.807, 2.05) is 0 Å². The number of carboxylic acids is 1. The average Bonchev–Trinajstić information content (AvgIpc) is 3.66. The van der Waals surface area contributed by atoms with Crippen molar-refractivity contribution in [2.24, 2.45) is 11.8 Å². The van der Waals surface area contributed by atoms with Gasteiger partial charge in [0.2, 0.25) is 0 Å². The van der Waals surface area contributed by atoms with Gasteiger partial charge in [0.05, 0.1) is 18.4 Å². The van der Waals surface area contributed by atoms with Crippen LogP contribution in [0.25, 0.3) is 22.9 Å². The van der Waals surface area contributed by atoms with Crippen LogP contribution in [0.4, 0.5) is 14.6 Å². The number of carbonyl (C=O) groups is 1. The van der Waals surface area contributed by atoms with Crippen molar-refractivity contribution in [2.75, 3.05) is 5.32 Å². The van der Waals surface area contributed by atoms with Gasteiger partial charge in [-0.1, -0.05) is 23.4 Å². The Morgan fingerprint density at radius 1 is 1.19 bits per heavy atom. The normalized spacial score (nSPS) is 22.7. The molecule has 3 atom stereocenters. The average molecular weight is 492 g/mol. The van der Waals surface area contributed by atoms with E-state index in [1.54, 1.807) is 35.0 Å². The van der Waals surface area contributed by atoms with Crippen LogP contribution in [0, 0.1) is 23.5 Å². The number of anilines is 1. The highest BCUT2D eigenvalue weighted by atomic mass is 19.1. The molecule has 11 heteroatoms. The van der Waals surface area contributed by atoms with E-state index in [0.29, 0.717) is 35.0 Å². The van der Waals surface area contributed by atoms with Crippen molar-refractivity contribution < 1.29 is 23.2 Å². The summed E-state index contributed by atoms with van der Waals surface area (Å²) in [5.74, 6) is -1.99. The Labute approximate surface area is 204 Å². The fourth-order valence-corrected chi connectivity index (χ4v) is 5.57. The summed E-state index contributed by atoms with van der Waals surface area (Å²) in [6.45, 7) is 0.104. The molecule has 36 heavy (non-hydrogen) atoms. The summed E-state index contributed by atoms with van der Waals surface area (Å²) in [5.41, 5.74) is 0.450. The first-order chi connectivity index (χ1) is 17.4. The number of fused-ring (bicyclic) bond motifs is 2. The number of aromatic nitrogens is 5. The molecular formula is C25H22F2N6O3. The van der Waals surface area contributed by atoms with Crippen molar-refractivity contribution in [3.05, 3.63) is 66.1 Å². The first-order valence-corrected chi connectivity index (χ1v) is 11.7. The lowest BCUT2D eigenvalue weighted by Gasteiger charge is -2.34. The number of rotatable bonds is 7. The van der Waals surface area contributed by atoms with E-state index in [1.165, 1.54) is 12.3 Å². The number of halogens is 2. The summed E-state index contributed by atoms with van der Waals surface area (Å²) in [6.07, 6.45) is 5.42. The van der Waals surface area contributed by atoms with Gasteiger partial charge >= 0.3 is 5.97 Å². The van der Waals surface area contributed by atoms with Gasteiger partial charge in [0.15, 0.2) is 17.5 Å². The number of hydrogen-bond donors (Lipinski definition) is 2. The minimum Gasteiger partial charge on any atom is -0.479 e. The molecule has 0 aliphatic heterocycles. The highest BCUT2D eigenvalue weighted by Gasteiger charge is 2.56. The molecule has 0 saturated heterocycles. The summed E-state index contributed by atoms with van der Waals surface area (Å²) >= 11 is 0. The van der Waals surface area contributed by atoms with Gasteiger partial charge in [-0.25, -0.2) is 23.5 Å². The zero-order valence-corrected chi connectivity index (χ0v) is 19.1. The molecule has 2 aliphatic rings. The molecular weight excluding hydrogens is 470 g/mol. The van der Waals surface area contributed by atoms with Crippen LogP contribution in [0.3, 0.4) is 0 Å². The van der Waals surface area contributed by atoms with E-state index in [0.717, 1.165) is 25.5 Å². The number of carboxylic acid groups (broad SMARTS) is 1. The Balaban J connectivity index is 1.38. The van der Waals surface area contributed by atoms with E-state index < -0.39 is 17.3 Å². The topological polar surface area (TPSA) is 119 Å². The van der Waals surface area contributed by atoms with Crippen molar-refractivity contribution >= 4 is 11.8 Å². The van der Waals surface area contributed by atoms with Crippen LogP contribution in [0.1, 0.15) is 31.2 Å². The summed E-state index contributed by atoms with van der Waals surface area (Å²) < 4.78 is 35.6. The lowest BCUT2D eigenvalue weighted by molar-refractivity contribution is -0.144. The minimum absolute atomic E-state index is 0.0865. The Morgan fingerprint density at radius 3 is 2.75 bits per heavy atom. The predicted octanol–water partition coefficient (Wildman–Crippen LogP) is 4.38. The minimum atomic E-state index is -1.26. The van der Waals surface area contributed by atoms with Crippen molar-refractivity contribution in [2.45, 2.75) is 37.8 Å². The molecule has 9 nitrogen and oxygen atoms in total. The Morgan fingerprint density at radius 2 is 2.06 bits per heavy atom. The molecule has 1 unspecified atom stereocenters. The highest BCUT2D eigenvalue weighted by Crippen LogP contribution is 2.52. The van der Waals surface area contributed by atoms with Crippen molar-refractivity contribution in [1.82, 2.24) is 24.9 Å². The molecule has 1 aromatic carbocycles. The van der Waals surface area contributed by atoms with Crippen LogP contribution < -0.4 is 5.32 Å². The van der Waals surface area contributed by atoms with E-state index in [2.05, 4.69) is 25.5 Å². The summed E-state index contributed by atoms with van der Waals surface area (Å²) in [7, 11) is 0. The first-order valence-electron chi connectivity index (χ1n) is 11.7. The van der Waals surface area contributed by atoms with Gasteiger partial charge in [-0.05, 0) is 49.7 Å². The van der Waals surface area contributed by atoms with E-state index in [9.17, 15) is 18.7 Å². The van der Waals surface area contributed by atoms with Gasteiger partial charge in [-0.15, -0.1) is 0 Å². The predicted molar refractivity (Wildman–Crippen MR) is 124 cm³/mol. The lowest BCUT2D eigenvalue weighted by Crippen LogP contribution is -2.51. The standard InChI is InChI=1S/C25H22F2N6O3/c26-17-4-2-1-3-15(17)13-33-21(19-7-8-36-32-19)10-20(31-33)23-28-12-18(27)22(29-23)30-25(24(34)35)11-14-5-6-16(25)9-14/h1-4,7-8,10,12,14,16H,5-6,9,11,13H2,(H,34,35)(H,28,29,30)/t14?,16-,25+/m0/s1. The summed E-state index contributed by atoms with van der Waals surface area (Å²) in [6, 6.07) is 9.65. The fourth-order valence-electron chi connectivity index (χ4n) is 5.57. The molecule has 2 bridgehead atoms. The fraction of sp³-hybridized carbons (Fsp3) is 0.320. The number of nitrogens with one attached hydrogen (secondary N) is 1. The highest BCUT2D eigenvalue weighted by molar-refractivity contribution is 5.84. The van der Waals surface area contributed by atoms with Crippen LogP contribution in [0.2, 0.25) is 0 Å². The van der Waals surface area contributed by atoms with Gasteiger partial charge in [-0.2, -0.15) is 5.10 Å². The molecule has 184 valence electrons. The third-order valence-corrected chi connectivity index (χ3v) is 7.30. The molecule has 0 amide bonds. The number of hydrogen-bond acceptors (Lipinski definition) is 7. The Bertz CT molecular complexity index is 1440. The lowest BCUT2D eigenvalue weighted by atomic mass is 9.81. The van der Waals surface area contributed by atoms with E-state index in [4.69, 9.17) is 4.52 Å². The van der Waals surface area contributed by atoms with E-state index >= 15 is 0 Å². The molecule has 2 fully saturated rings. The van der Waals surface area contributed by atoms with Gasteiger partial charge in [-0.3, -0.25) is 4.68 Å². The van der Waals surface area contributed by atoms with Gasteiger partial charge in [0.1, 0.15) is 29.0 Å². The van der Waals surface area contributed by atoms with Crippen LogP contribution in [0.5, 0.6) is 0 Å². The maximum absolute atomic E-state index is 14.8. The van der Waals surface area contributed by atoms with Crippen molar-refractivity contribution in [1.29, 1.82) is 0 Å². The second kappa shape index (κ2) is 8.51. The smallest absolute Gasteiger partial charge is 0.329 e. The van der Waals surface area contributed by atoms with Crippen LogP contribution in [-0.2, 0) is 11.3 Å². The third-order valence-electron chi connectivity index (χ3n) is 7.30. The Hall–Kier alpha value is -4.15. The molecule has 2 N–H and O–H groups in total. The van der Waals surface area contributed by atoms with Crippen molar-refractivity contribution in [3.8, 4) is 22.9 Å². The van der Waals surface area contributed by atoms with Crippen LogP contribution >= 0.6 is 0 Å². The molecule has 2 saturated carbocycles. The zero-order valence-electron chi connectivity index (χ0n) is 19.1. The number of aliphatic carboxylic acids is 1. The summed E-state index contributed by atoms with van der Waals surface area (Å²) in [5, 5.41) is 21.5. The second-order valence-electron chi connectivity index (χ2n) is 9.42. The molecule has 0 radical (unpaired) electrons. The molecule has 3 heterocycles. The van der Waals surface area contributed by atoms with Crippen LogP contribution in [-0.4, -0.2) is 41.5 Å². The number of benzene rings is 1.